The van der Waals surface area contributed by atoms with Gasteiger partial charge < -0.3 is 13.9 Å². The SMILES string of the molecule is COC(=O)c1ccc(C(=O)c2cccnc2OC)o1. The van der Waals surface area contributed by atoms with Gasteiger partial charge in [-0.2, -0.15) is 0 Å². The average molecular weight is 261 g/mol. The molecule has 2 rings (SSSR count). The van der Waals surface area contributed by atoms with Crippen LogP contribution in [0.2, 0.25) is 0 Å². The number of rotatable bonds is 4. The third-order valence-corrected chi connectivity index (χ3v) is 2.43. The molecule has 0 unspecified atom stereocenters. The minimum absolute atomic E-state index is 0.0201. The van der Waals surface area contributed by atoms with E-state index in [2.05, 4.69) is 9.72 Å². The maximum Gasteiger partial charge on any atom is 0.373 e. The molecule has 0 aliphatic carbocycles. The monoisotopic (exact) mass is 261 g/mol. The van der Waals surface area contributed by atoms with Crippen molar-refractivity contribution in [3.8, 4) is 5.88 Å². The summed E-state index contributed by atoms with van der Waals surface area (Å²) in [4.78, 5) is 27.4. The summed E-state index contributed by atoms with van der Waals surface area (Å²) >= 11 is 0. The molecule has 0 atom stereocenters. The van der Waals surface area contributed by atoms with Gasteiger partial charge in [0.2, 0.25) is 17.4 Å². The predicted molar refractivity (Wildman–Crippen MR) is 64.3 cm³/mol. The number of carbonyl (C=O) groups is 2. The number of hydrogen-bond donors (Lipinski definition) is 0. The summed E-state index contributed by atoms with van der Waals surface area (Å²) in [7, 11) is 2.65. The lowest BCUT2D eigenvalue weighted by Crippen LogP contribution is -2.04. The Labute approximate surface area is 109 Å². The highest BCUT2D eigenvalue weighted by molar-refractivity contribution is 6.09. The van der Waals surface area contributed by atoms with Crippen molar-refractivity contribution >= 4 is 11.8 Å². The number of nitrogens with zero attached hydrogens (tertiary/aromatic N) is 1. The van der Waals surface area contributed by atoms with Crippen LogP contribution in [0, 0.1) is 0 Å². The van der Waals surface area contributed by atoms with Crippen molar-refractivity contribution in [2.75, 3.05) is 14.2 Å². The number of hydrogen-bond acceptors (Lipinski definition) is 6. The van der Waals surface area contributed by atoms with Gasteiger partial charge in [0.15, 0.2) is 5.76 Å². The second kappa shape index (κ2) is 5.34. The summed E-state index contributed by atoms with van der Waals surface area (Å²) in [6.07, 6.45) is 1.51. The standard InChI is InChI=1S/C13H11NO5/c1-17-12-8(4-3-7-14-12)11(15)9-5-6-10(19-9)13(16)18-2/h3-7H,1-2H3. The van der Waals surface area contributed by atoms with Crippen LogP contribution in [0.5, 0.6) is 5.88 Å². The van der Waals surface area contributed by atoms with Gasteiger partial charge in [-0.3, -0.25) is 4.79 Å². The zero-order chi connectivity index (χ0) is 13.8. The molecular weight excluding hydrogens is 250 g/mol. The van der Waals surface area contributed by atoms with E-state index in [1.165, 1.54) is 32.5 Å². The molecule has 0 fully saturated rings. The number of ketones is 1. The van der Waals surface area contributed by atoms with Gasteiger partial charge in [0.25, 0.3) is 0 Å². The number of methoxy groups -OCH3 is 2. The molecule has 0 aliphatic heterocycles. The summed E-state index contributed by atoms with van der Waals surface area (Å²) in [5, 5.41) is 0. The third-order valence-electron chi connectivity index (χ3n) is 2.43. The molecule has 0 saturated heterocycles. The molecule has 19 heavy (non-hydrogen) atoms. The van der Waals surface area contributed by atoms with Crippen molar-refractivity contribution in [2.45, 2.75) is 0 Å². The van der Waals surface area contributed by atoms with Gasteiger partial charge in [-0.25, -0.2) is 9.78 Å². The van der Waals surface area contributed by atoms with Crippen molar-refractivity contribution in [2.24, 2.45) is 0 Å². The van der Waals surface area contributed by atoms with E-state index in [4.69, 9.17) is 9.15 Å². The van der Waals surface area contributed by atoms with Gasteiger partial charge in [-0.1, -0.05) is 0 Å². The van der Waals surface area contributed by atoms with Crippen molar-refractivity contribution in [1.29, 1.82) is 0 Å². The fraction of sp³-hybridized carbons (Fsp3) is 0.154. The van der Waals surface area contributed by atoms with Gasteiger partial charge in [0, 0.05) is 6.20 Å². The molecule has 0 amide bonds. The van der Waals surface area contributed by atoms with Gasteiger partial charge in [0.1, 0.15) is 0 Å². The Morgan fingerprint density at radius 2 is 1.89 bits per heavy atom. The summed E-state index contributed by atoms with van der Waals surface area (Å²) in [5.41, 5.74) is 0.260. The van der Waals surface area contributed by atoms with Crippen LogP contribution in [-0.2, 0) is 4.74 Å². The zero-order valence-electron chi connectivity index (χ0n) is 10.4. The van der Waals surface area contributed by atoms with Crippen molar-refractivity contribution in [3.63, 3.8) is 0 Å². The van der Waals surface area contributed by atoms with Crippen molar-refractivity contribution in [3.05, 3.63) is 47.5 Å². The average Bonchev–Trinajstić information content (AvgIpc) is 2.95. The molecule has 0 radical (unpaired) electrons. The van der Waals surface area contributed by atoms with Crippen LogP contribution in [0.25, 0.3) is 0 Å². The van der Waals surface area contributed by atoms with Crippen molar-refractivity contribution in [1.82, 2.24) is 4.98 Å². The molecule has 0 aliphatic rings. The van der Waals surface area contributed by atoms with Gasteiger partial charge in [-0.05, 0) is 24.3 Å². The minimum Gasteiger partial charge on any atom is -0.480 e. The second-order valence-electron chi connectivity index (χ2n) is 3.54. The molecule has 0 saturated carbocycles. The van der Waals surface area contributed by atoms with E-state index >= 15 is 0 Å². The first kappa shape index (κ1) is 12.8. The van der Waals surface area contributed by atoms with Gasteiger partial charge in [0.05, 0.1) is 19.8 Å². The lowest BCUT2D eigenvalue weighted by atomic mass is 10.1. The number of esters is 1. The maximum absolute atomic E-state index is 12.2. The molecular formula is C13H11NO5. The maximum atomic E-state index is 12.2. The molecule has 6 nitrogen and oxygen atoms in total. The van der Waals surface area contributed by atoms with E-state index in [1.54, 1.807) is 12.1 Å². The molecule has 2 aromatic rings. The normalized spacial score (nSPS) is 10.0. The Morgan fingerprint density at radius 3 is 2.58 bits per heavy atom. The molecule has 2 heterocycles. The minimum atomic E-state index is -0.641. The highest BCUT2D eigenvalue weighted by Crippen LogP contribution is 2.20. The first-order chi connectivity index (χ1) is 9.17. The second-order valence-corrected chi connectivity index (χ2v) is 3.54. The first-order valence-electron chi connectivity index (χ1n) is 5.39. The van der Waals surface area contributed by atoms with Crippen LogP contribution >= 0.6 is 0 Å². The van der Waals surface area contributed by atoms with E-state index in [0.717, 1.165) is 0 Å². The van der Waals surface area contributed by atoms with Crippen LogP contribution in [0.1, 0.15) is 26.7 Å². The Kier molecular flexibility index (Phi) is 3.61. The Balaban J connectivity index is 2.34. The van der Waals surface area contributed by atoms with Crippen LogP contribution in [0.4, 0.5) is 0 Å². The van der Waals surface area contributed by atoms with Crippen LogP contribution in [0.3, 0.4) is 0 Å². The van der Waals surface area contributed by atoms with Crippen molar-refractivity contribution < 1.29 is 23.5 Å². The fourth-order valence-electron chi connectivity index (χ4n) is 1.53. The van der Waals surface area contributed by atoms with Gasteiger partial charge >= 0.3 is 5.97 Å². The Bertz CT molecular complexity index is 617. The lowest BCUT2D eigenvalue weighted by molar-refractivity contribution is 0.0563. The number of ether oxygens (including phenoxy) is 2. The lowest BCUT2D eigenvalue weighted by Gasteiger charge is -2.03. The van der Waals surface area contributed by atoms with Crippen LogP contribution in [-0.4, -0.2) is 31.0 Å². The quantitative estimate of drug-likeness (QED) is 0.615. The predicted octanol–water partition coefficient (Wildman–Crippen LogP) is 1.70. The number of carbonyl (C=O) groups excluding carboxylic acids is 2. The topological polar surface area (TPSA) is 78.6 Å². The number of furan rings is 1. The smallest absolute Gasteiger partial charge is 0.373 e. The first-order valence-corrected chi connectivity index (χ1v) is 5.39. The summed E-state index contributed by atoms with van der Waals surface area (Å²) in [6.45, 7) is 0. The summed E-state index contributed by atoms with van der Waals surface area (Å²) in [5.74, 6) is -0.874. The van der Waals surface area contributed by atoms with Gasteiger partial charge in [-0.15, -0.1) is 0 Å². The molecule has 0 aromatic carbocycles. The third kappa shape index (κ3) is 2.47. The fourth-order valence-corrected chi connectivity index (χ4v) is 1.53. The highest BCUT2D eigenvalue weighted by atomic mass is 16.5. The molecule has 0 N–H and O–H groups in total. The summed E-state index contributed by atoms with van der Waals surface area (Å²) < 4.78 is 14.6. The Morgan fingerprint density at radius 1 is 1.16 bits per heavy atom. The number of pyridine rings is 1. The molecule has 6 heteroatoms. The zero-order valence-corrected chi connectivity index (χ0v) is 10.4. The van der Waals surface area contributed by atoms with E-state index < -0.39 is 11.8 Å². The van der Waals surface area contributed by atoms with E-state index in [0.29, 0.717) is 0 Å². The van der Waals surface area contributed by atoms with E-state index in [-0.39, 0.29) is 23.0 Å². The molecule has 98 valence electrons. The highest BCUT2D eigenvalue weighted by Gasteiger charge is 2.20. The summed E-state index contributed by atoms with van der Waals surface area (Å²) in [6, 6.07) is 5.96. The van der Waals surface area contributed by atoms with E-state index in [1.807, 2.05) is 0 Å². The number of aromatic nitrogens is 1. The molecule has 0 bridgehead atoms. The van der Waals surface area contributed by atoms with Crippen LogP contribution in [0.15, 0.2) is 34.9 Å². The molecule has 2 aromatic heterocycles. The Hall–Kier alpha value is -2.63. The largest absolute Gasteiger partial charge is 0.480 e. The molecule has 0 spiro atoms. The van der Waals surface area contributed by atoms with Crippen LogP contribution < -0.4 is 4.74 Å². The van der Waals surface area contributed by atoms with E-state index in [9.17, 15) is 9.59 Å².